The van der Waals surface area contributed by atoms with Gasteiger partial charge in [-0.3, -0.25) is 9.59 Å². The van der Waals surface area contributed by atoms with Gasteiger partial charge >= 0.3 is 0 Å². The largest absolute Gasteiger partial charge is 0.369 e. The van der Waals surface area contributed by atoms with E-state index in [0.717, 1.165) is 15.9 Å². The van der Waals surface area contributed by atoms with E-state index in [1.165, 1.54) is 11.8 Å². The summed E-state index contributed by atoms with van der Waals surface area (Å²) >= 11 is 1.28. The van der Waals surface area contributed by atoms with Crippen molar-refractivity contribution in [3.05, 3.63) is 48.5 Å². The first kappa shape index (κ1) is 16.0. The second kappa shape index (κ2) is 7.14. The summed E-state index contributed by atoms with van der Waals surface area (Å²) in [6, 6.07) is 14.7. The number of rotatable bonds is 6. The van der Waals surface area contributed by atoms with Gasteiger partial charge in [0.2, 0.25) is 11.8 Å². The van der Waals surface area contributed by atoms with Crippen LogP contribution in [0.15, 0.2) is 53.4 Å². The highest BCUT2D eigenvalue weighted by molar-refractivity contribution is 8.00. The molecule has 122 valence electrons. The molecule has 0 saturated heterocycles. The summed E-state index contributed by atoms with van der Waals surface area (Å²) in [6.07, 6.45) is 0. The third kappa shape index (κ3) is 3.72. The van der Waals surface area contributed by atoms with Gasteiger partial charge < -0.3 is 11.1 Å². The number of benzene rings is 2. The highest BCUT2D eigenvalue weighted by atomic mass is 32.2. The van der Waals surface area contributed by atoms with Gasteiger partial charge in [-0.1, -0.05) is 29.5 Å². The van der Waals surface area contributed by atoms with Gasteiger partial charge in [-0.25, -0.2) is 4.68 Å². The summed E-state index contributed by atoms with van der Waals surface area (Å²) < 4.78 is 1.55. The normalized spacial score (nSPS) is 10.7. The Kier molecular flexibility index (Phi) is 4.76. The van der Waals surface area contributed by atoms with E-state index in [-0.39, 0.29) is 18.2 Å². The Morgan fingerprint density at radius 1 is 1.12 bits per heavy atom. The lowest BCUT2D eigenvalue weighted by atomic mass is 10.3. The first-order valence-electron chi connectivity index (χ1n) is 7.21. The van der Waals surface area contributed by atoms with Gasteiger partial charge in [0.15, 0.2) is 0 Å². The number of fused-ring (bicyclic) bond motifs is 1. The summed E-state index contributed by atoms with van der Waals surface area (Å²) in [7, 11) is 0. The van der Waals surface area contributed by atoms with E-state index in [1.54, 1.807) is 10.7 Å². The van der Waals surface area contributed by atoms with Gasteiger partial charge in [-0.2, -0.15) is 0 Å². The molecular formula is C16H15N5O2S. The SMILES string of the molecule is NC(=O)CSc1ccccc1NC(=O)Cn1nnc2ccccc21. The second-order valence-corrected chi connectivity index (χ2v) is 6.05. The van der Waals surface area contributed by atoms with Gasteiger partial charge in [0.25, 0.3) is 0 Å². The van der Waals surface area contributed by atoms with E-state index in [0.29, 0.717) is 5.69 Å². The number of anilines is 1. The molecule has 3 rings (SSSR count). The zero-order valence-corrected chi connectivity index (χ0v) is 13.5. The molecule has 3 aromatic rings. The smallest absolute Gasteiger partial charge is 0.246 e. The molecule has 0 spiro atoms. The molecule has 0 bridgehead atoms. The Bertz CT molecular complexity index is 893. The fraction of sp³-hybridized carbons (Fsp3) is 0.125. The Labute approximate surface area is 142 Å². The van der Waals surface area contributed by atoms with Crippen molar-refractivity contribution in [3.63, 3.8) is 0 Å². The number of aromatic nitrogens is 3. The van der Waals surface area contributed by atoms with Crippen LogP contribution < -0.4 is 11.1 Å². The molecule has 0 fully saturated rings. The standard InChI is InChI=1S/C16H15N5O2S/c17-15(22)10-24-14-8-4-2-6-12(14)18-16(23)9-21-13-7-3-1-5-11(13)19-20-21/h1-8H,9-10H2,(H2,17,22)(H,18,23). The van der Waals surface area contributed by atoms with Crippen LogP contribution in [-0.2, 0) is 16.1 Å². The second-order valence-electron chi connectivity index (χ2n) is 5.04. The Balaban J connectivity index is 1.72. The first-order chi connectivity index (χ1) is 11.6. The predicted molar refractivity (Wildman–Crippen MR) is 92.5 cm³/mol. The maximum Gasteiger partial charge on any atom is 0.246 e. The Morgan fingerprint density at radius 2 is 1.88 bits per heavy atom. The minimum absolute atomic E-state index is 0.0509. The molecule has 0 radical (unpaired) electrons. The number of hydrogen-bond donors (Lipinski definition) is 2. The lowest BCUT2D eigenvalue weighted by molar-refractivity contribution is -0.117. The molecule has 2 aromatic carbocycles. The molecule has 0 aliphatic carbocycles. The number of carbonyl (C=O) groups is 2. The van der Waals surface area contributed by atoms with Crippen LogP contribution in [0.3, 0.4) is 0 Å². The molecule has 3 N–H and O–H groups in total. The monoisotopic (exact) mass is 341 g/mol. The van der Waals surface area contributed by atoms with Crippen molar-refractivity contribution in [2.45, 2.75) is 11.4 Å². The molecule has 0 aliphatic heterocycles. The lowest BCUT2D eigenvalue weighted by Crippen LogP contribution is -2.20. The number of primary amides is 1. The van der Waals surface area contributed by atoms with Crippen molar-refractivity contribution in [1.29, 1.82) is 0 Å². The third-order valence-corrected chi connectivity index (χ3v) is 4.34. The van der Waals surface area contributed by atoms with Crippen LogP contribution >= 0.6 is 11.8 Å². The van der Waals surface area contributed by atoms with Crippen LogP contribution in [0.2, 0.25) is 0 Å². The van der Waals surface area contributed by atoms with E-state index < -0.39 is 5.91 Å². The molecule has 1 aromatic heterocycles. The number of nitrogens with one attached hydrogen (secondary N) is 1. The van der Waals surface area contributed by atoms with E-state index in [9.17, 15) is 9.59 Å². The number of amides is 2. The third-order valence-electron chi connectivity index (χ3n) is 3.24. The van der Waals surface area contributed by atoms with Crippen LogP contribution in [-0.4, -0.2) is 32.6 Å². The zero-order chi connectivity index (χ0) is 16.9. The van der Waals surface area contributed by atoms with E-state index in [2.05, 4.69) is 15.6 Å². The zero-order valence-electron chi connectivity index (χ0n) is 12.7. The lowest BCUT2D eigenvalue weighted by Gasteiger charge is -2.10. The molecule has 1 heterocycles. The van der Waals surface area contributed by atoms with Gasteiger partial charge in [0.1, 0.15) is 12.1 Å². The van der Waals surface area contributed by atoms with E-state index >= 15 is 0 Å². The molecule has 24 heavy (non-hydrogen) atoms. The minimum atomic E-state index is -0.407. The van der Waals surface area contributed by atoms with E-state index in [1.807, 2.05) is 42.5 Å². The maximum atomic E-state index is 12.3. The Morgan fingerprint density at radius 3 is 2.71 bits per heavy atom. The quantitative estimate of drug-likeness (QED) is 0.664. The number of hydrogen-bond acceptors (Lipinski definition) is 5. The van der Waals surface area contributed by atoms with Crippen LogP contribution in [0.25, 0.3) is 11.0 Å². The maximum absolute atomic E-state index is 12.3. The number of thioether (sulfide) groups is 1. The van der Waals surface area contributed by atoms with Gasteiger partial charge in [-0.05, 0) is 24.3 Å². The molecule has 0 atom stereocenters. The fourth-order valence-electron chi connectivity index (χ4n) is 2.20. The van der Waals surface area contributed by atoms with Crippen LogP contribution in [0.1, 0.15) is 0 Å². The van der Waals surface area contributed by atoms with Crippen molar-refractivity contribution < 1.29 is 9.59 Å². The molecule has 8 heteroatoms. The van der Waals surface area contributed by atoms with Crippen molar-refractivity contribution in [3.8, 4) is 0 Å². The van der Waals surface area contributed by atoms with Gasteiger partial charge in [0, 0.05) is 4.90 Å². The Hall–Kier alpha value is -2.87. The number of para-hydroxylation sites is 2. The fourth-order valence-corrected chi connectivity index (χ4v) is 2.95. The summed E-state index contributed by atoms with van der Waals surface area (Å²) in [5, 5.41) is 10.9. The van der Waals surface area contributed by atoms with E-state index in [4.69, 9.17) is 5.73 Å². The summed E-state index contributed by atoms with van der Waals surface area (Å²) in [5.41, 5.74) is 7.34. The topological polar surface area (TPSA) is 103 Å². The predicted octanol–water partition coefficient (Wildman–Crippen LogP) is 1.65. The molecule has 7 nitrogen and oxygen atoms in total. The number of nitrogens with two attached hydrogens (primary N) is 1. The molecule has 2 amide bonds. The molecule has 0 saturated carbocycles. The van der Waals surface area contributed by atoms with Crippen molar-refractivity contribution >= 4 is 40.3 Å². The summed E-state index contributed by atoms with van der Waals surface area (Å²) in [4.78, 5) is 24.0. The molecule has 0 aliphatic rings. The van der Waals surface area contributed by atoms with Crippen LogP contribution in [0, 0.1) is 0 Å². The molecular weight excluding hydrogens is 326 g/mol. The van der Waals surface area contributed by atoms with Crippen molar-refractivity contribution in [1.82, 2.24) is 15.0 Å². The van der Waals surface area contributed by atoms with Crippen LogP contribution in [0.5, 0.6) is 0 Å². The summed E-state index contributed by atoms with van der Waals surface area (Å²) in [6.45, 7) is 0.0509. The average Bonchev–Trinajstić information content (AvgIpc) is 2.97. The van der Waals surface area contributed by atoms with Crippen molar-refractivity contribution in [2.75, 3.05) is 11.1 Å². The molecule has 0 unspecified atom stereocenters. The van der Waals surface area contributed by atoms with Gasteiger partial charge in [-0.15, -0.1) is 16.9 Å². The minimum Gasteiger partial charge on any atom is -0.369 e. The van der Waals surface area contributed by atoms with Gasteiger partial charge in [0.05, 0.1) is 17.0 Å². The highest BCUT2D eigenvalue weighted by Crippen LogP contribution is 2.26. The number of nitrogens with zero attached hydrogens (tertiary/aromatic N) is 3. The number of carbonyl (C=O) groups excluding carboxylic acids is 2. The summed E-state index contributed by atoms with van der Waals surface area (Å²) in [5.74, 6) is -0.478. The van der Waals surface area contributed by atoms with Crippen LogP contribution in [0.4, 0.5) is 5.69 Å². The first-order valence-corrected chi connectivity index (χ1v) is 8.20. The average molecular weight is 341 g/mol. The van der Waals surface area contributed by atoms with Crippen molar-refractivity contribution in [2.24, 2.45) is 5.73 Å². The highest BCUT2D eigenvalue weighted by Gasteiger charge is 2.11.